The Morgan fingerprint density at radius 2 is 2.14 bits per heavy atom. The summed E-state index contributed by atoms with van der Waals surface area (Å²) in [6.07, 6.45) is 4.69. The van der Waals surface area contributed by atoms with Gasteiger partial charge in [0.2, 0.25) is 0 Å². The molecule has 0 saturated heterocycles. The molecule has 22 heavy (non-hydrogen) atoms. The van der Waals surface area contributed by atoms with Gasteiger partial charge < -0.3 is 9.47 Å². The van der Waals surface area contributed by atoms with E-state index in [1.807, 2.05) is 11.0 Å². The van der Waals surface area contributed by atoms with Crippen molar-refractivity contribution in [3.63, 3.8) is 0 Å². The highest BCUT2D eigenvalue weighted by molar-refractivity contribution is 5.99. The molecule has 0 fully saturated rings. The zero-order chi connectivity index (χ0) is 15.1. The Hall–Kier alpha value is -2.70. The van der Waals surface area contributed by atoms with Gasteiger partial charge >= 0.3 is 0 Å². The van der Waals surface area contributed by atoms with Crippen LogP contribution in [0.1, 0.15) is 35.4 Å². The van der Waals surface area contributed by atoms with Crippen LogP contribution in [0, 0.1) is 0 Å². The average molecular weight is 296 g/mol. The van der Waals surface area contributed by atoms with Crippen LogP contribution in [0.4, 0.5) is 0 Å². The summed E-state index contributed by atoms with van der Waals surface area (Å²) in [4.78, 5) is 15.0. The molecule has 7 heteroatoms. The Morgan fingerprint density at radius 3 is 3.00 bits per heavy atom. The molecule has 0 aliphatic carbocycles. The molecule has 1 aliphatic heterocycles. The van der Waals surface area contributed by atoms with Crippen molar-refractivity contribution < 1.29 is 4.79 Å². The highest BCUT2D eigenvalue weighted by Crippen LogP contribution is 2.30. The largest absolute Gasteiger partial charge is 0.348 e. The predicted octanol–water partition coefficient (Wildman–Crippen LogP) is 1.53. The van der Waals surface area contributed by atoms with Crippen LogP contribution in [0.2, 0.25) is 0 Å². The molecule has 1 unspecified atom stereocenters. The van der Waals surface area contributed by atoms with Crippen LogP contribution < -0.4 is 0 Å². The van der Waals surface area contributed by atoms with Crippen LogP contribution in [0.15, 0.2) is 36.7 Å². The maximum absolute atomic E-state index is 13.0. The van der Waals surface area contributed by atoms with E-state index in [2.05, 4.69) is 39.3 Å². The third-order valence-corrected chi connectivity index (χ3v) is 4.27. The molecule has 0 radical (unpaired) electrons. The lowest BCUT2D eigenvalue weighted by Crippen LogP contribution is -2.41. The maximum atomic E-state index is 13.0. The molecule has 7 nitrogen and oxygen atoms in total. The summed E-state index contributed by atoms with van der Waals surface area (Å²) in [5.41, 5.74) is 2.24. The van der Waals surface area contributed by atoms with E-state index in [1.54, 1.807) is 18.3 Å². The Kier molecular flexibility index (Phi) is 2.92. The Morgan fingerprint density at radius 1 is 1.27 bits per heavy atom. The summed E-state index contributed by atoms with van der Waals surface area (Å²) >= 11 is 0. The van der Waals surface area contributed by atoms with Crippen LogP contribution in [0.3, 0.4) is 0 Å². The van der Waals surface area contributed by atoms with Gasteiger partial charge in [0.05, 0.1) is 11.6 Å². The highest BCUT2D eigenvalue weighted by atomic mass is 16.2. The summed E-state index contributed by atoms with van der Waals surface area (Å²) < 4.78 is 3.75. The third kappa shape index (κ3) is 1.82. The minimum Gasteiger partial charge on any atom is -0.348 e. The first-order valence-corrected chi connectivity index (χ1v) is 7.42. The summed E-state index contributed by atoms with van der Waals surface area (Å²) in [5.74, 6) is -0.0142. The Balaban J connectivity index is 1.75. The summed E-state index contributed by atoms with van der Waals surface area (Å²) in [7, 11) is 0. The number of carbonyl (C=O) groups is 1. The zero-order valence-corrected chi connectivity index (χ0v) is 12.3. The van der Waals surface area contributed by atoms with E-state index in [4.69, 9.17) is 0 Å². The number of pyridine rings is 1. The van der Waals surface area contributed by atoms with Crippen LogP contribution in [-0.4, -0.2) is 42.0 Å². The van der Waals surface area contributed by atoms with Crippen molar-refractivity contribution in [2.75, 3.05) is 6.54 Å². The minimum absolute atomic E-state index is 0.0142. The van der Waals surface area contributed by atoms with E-state index < -0.39 is 0 Å². The fourth-order valence-electron chi connectivity index (χ4n) is 3.23. The number of hydrogen-bond acceptors (Lipinski definition) is 4. The van der Waals surface area contributed by atoms with Crippen LogP contribution in [0.25, 0.3) is 5.65 Å². The molecular weight excluding hydrogens is 280 g/mol. The molecule has 3 aromatic heterocycles. The molecule has 1 amide bonds. The van der Waals surface area contributed by atoms with E-state index >= 15 is 0 Å². The standard InChI is InChI=1S/C15H16N6O/c1-2-12-13-6-4-7-19(13)9-10-20(12)15(22)11-5-3-8-21-14(11)16-17-18-21/h3-8,12H,2,9-10H2,1H3. The second-order valence-corrected chi connectivity index (χ2v) is 5.42. The molecule has 0 bridgehead atoms. The summed E-state index contributed by atoms with van der Waals surface area (Å²) in [5, 5.41) is 11.5. The molecule has 4 heterocycles. The molecule has 0 saturated carbocycles. The number of hydrogen-bond donors (Lipinski definition) is 0. The quantitative estimate of drug-likeness (QED) is 0.719. The lowest BCUT2D eigenvalue weighted by Gasteiger charge is -2.36. The number of carbonyl (C=O) groups excluding carboxylic acids is 1. The molecule has 112 valence electrons. The molecule has 3 aromatic rings. The van der Waals surface area contributed by atoms with Gasteiger partial charge in [0.1, 0.15) is 0 Å². The first-order valence-electron chi connectivity index (χ1n) is 7.42. The summed E-state index contributed by atoms with van der Waals surface area (Å²) in [6.45, 7) is 3.62. The van der Waals surface area contributed by atoms with Gasteiger partial charge in [0.15, 0.2) is 5.65 Å². The Bertz CT molecular complexity index is 835. The van der Waals surface area contributed by atoms with Gasteiger partial charge in [-0.3, -0.25) is 4.79 Å². The molecule has 1 aliphatic rings. The second kappa shape index (κ2) is 4.94. The fourth-order valence-corrected chi connectivity index (χ4v) is 3.23. The number of fused-ring (bicyclic) bond motifs is 2. The third-order valence-electron chi connectivity index (χ3n) is 4.27. The van der Waals surface area contributed by atoms with Gasteiger partial charge in [-0.05, 0) is 41.1 Å². The SMILES string of the molecule is CCC1c2cccn2CCN1C(=O)c1cccn2nnnc12. The van der Waals surface area contributed by atoms with Gasteiger partial charge in [-0.1, -0.05) is 6.92 Å². The smallest absolute Gasteiger partial charge is 0.258 e. The first-order chi connectivity index (χ1) is 10.8. The van der Waals surface area contributed by atoms with Gasteiger partial charge in [-0.15, -0.1) is 5.10 Å². The minimum atomic E-state index is -0.0142. The number of aromatic nitrogens is 5. The molecular formula is C15H16N6O. The van der Waals surface area contributed by atoms with E-state index in [1.165, 1.54) is 10.2 Å². The average Bonchev–Trinajstić information content (AvgIpc) is 3.21. The van der Waals surface area contributed by atoms with Crippen molar-refractivity contribution in [1.29, 1.82) is 0 Å². The fraction of sp³-hybridized carbons (Fsp3) is 0.333. The normalized spacial score (nSPS) is 17.7. The van der Waals surface area contributed by atoms with E-state index in [9.17, 15) is 4.79 Å². The lowest BCUT2D eigenvalue weighted by molar-refractivity contribution is 0.0619. The summed E-state index contributed by atoms with van der Waals surface area (Å²) in [6, 6.07) is 7.80. The van der Waals surface area contributed by atoms with E-state index in [-0.39, 0.29) is 11.9 Å². The van der Waals surface area contributed by atoms with Gasteiger partial charge in [-0.25, -0.2) is 0 Å². The molecule has 0 N–H and O–H groups in total. The van der Waals surface area contributed by atoms with Crippen molar-refractivity contribution >= 4 is 11.6 Å². The predicted molar refractivity (Wildman–Crippen MR) is 79.3 cm³/mol. The van der Waals surface area contributed by atoms with Gasteiger partial charge in [0.25, 0.3) is 5.91 Å². The number of nitrogens with zero attached hydrogens (tertiary/aromatic N) is 6. The molecule has 0 spiro atoms. The molecule has 0 aromatic carbocycles. The lowest BCUT2D eigenvalue weighted by atomic mass is 10.1. The van der Waals surface area contributed by atoms with E-state index in [0.717, 1.165) is 13.0 Å². The van der Waals surface area contributed by atoms with E-state index in [0.29, 0.717) is 17.8 Å². The van der Waals surface area contributed by atoms with Crippen molar-refractivity contribution in [3.8, 4) is 0 Å². The highest BCUT2D eigenvalue weighted by Gasteiger charge is 2.31. The van der Waals surface area contributed by atoms with Crippen LogP contribution >= 0.6 is 0 Å². The van der Waals surface area contributed by atoms with Crippen LogP contribution in [0.5, 0.6) is 0 Å². The monoisotopic (exact) mass is 296 g/mol. The number of amides is 1. The molecule has 4 rings (SSSR count). The maximum Gasteiger partial charge on any atom is 0.258 e. The van der Waals surface area contributed by atoms with Crippen molar-refractivity contribution in [2.24, 2.45) is 0 Å². The van der Waals surface area contributed by atoms with Crippen molar-refractivity contribution in [1.82, 2.24) is 29.5 Å². The van der Waals surface area contributed by atoms with Crippen molar-refractivity contribution in [2.45, 2.75) is 25.9 Å². The Labute approximate surface area is 127 Å². The number of rotatable bonds is 2. The molecule has 1 atom stereocenters. The first kappa shape index (κ1) is 13.0. The second-order valence-electron chi connectivity index (χ2n) is 5.42. The van der Waals surface area contributed by atoms with Gasteiger partial charge in [-0.2, -0.15) is 4.52 Å². The topological polar surface area (TPSA) is 68.3 Å². The number of tetrazole rings is 1. The van der Waals surface area contributed by atoms with Gasteiger partial charge in [0, 0.05) is 31.2 Å². The van der Waals surface area contributed by atoms with Crippen molar-refractivity contribution in [3.05, 3.63) is 47.9 Å². The van der Waals surface area contributed by atoms with Crippen LogP contribution in [-0.2, 0) is 6.54 Å². The zero-order valence-electron chi connectivity index (χ0n) is 12.3.